The van der Waals surface area contributed by atoms with Crippen LogP contribution in [-0.4, -0.2) is 54.6 Å². The van der Waals surface area contributed by atoms with Gasteiger partial charge in [0.2, 0.25) is 0 Å². The number of likely N-dealkylation sites (tertiary alicyclic amines) is 1. The Bertz CT molecular complexity index is 517. The molecule has 0 aliphatic carbocycles. The molecule has 7 heteroatoms. The molecule has 0 bridgehead atoms. The quantitative estimate of drug-likeness (QED) is 0.915. The van der Waals surface area contributed by atoms with Gasteiger partial charge in [-0.05, 0) is 19.8 Å². The molecule has 1 aromatic rings. The Morgan fingerprint density at radius 1 is 1.57 bits per heavy atom. The normalized spacial score (nSPS) is 25.3. The third-order valence-corrected chi connectivity index (χ3v) is 5.75. The standard InChI is InChI=1S/C16H25N3O3S/c1-12(14-17-5-9-23-14)10-18-15(20)19-6-3-4-13(11-19)16(2)21-7-8-22-16/h5,9,12-13H,3-4,6-8,10-11H2,1-2H3,(H,18,20)/t12-,13-/m0/s1. The van der Waals surface area contributed by atoms with Gasteiger partial charge in [0.25, 0.3) is 0 Å². The van der Waals surface area contributed by atoms with E-state index in [-0.39, 0.29) is 17.9 Å². The highest BCUT2D eigenvalue weighted by atomic mass is 32.1. The smallest absolute Gasteiger partial charge is 0.317 e. The average molecular weight is 339 g/mol. The van der Waals surface area contributed by atoms with Gasteiger partial charge in [0.05, 0.1) is 18.2 Å². The van der Waals surface area contributed by atoms with Crippen LogP contribution in [0.15, 0.2) is 11.6 Å². The second-order valence-corrected chi connectivity index (χ2v) is 7.38. The zero-order valence-electron chi connectivity index (χ0n) is 13.8. The third kappa shape index (κ3) is 3.84. The van der Waals surface area contributed by atoms with Gasteiger partial charge in [-0.25, -0.2) is 9.78 Å². The van der Waals surface area contributed by atoms with E-state index in [2.05, 4.69) is 17.2 Å². The van der Waals surface area contributed by atoms with Crippen LogP contribution in [0.5, 0.6) is 0 Å². The number of carbonyl (C=O) groups is 1. The molecule has 3 heterocycles. The van der Waals surface area contributed by atoms with E-state index in [0.29, 0.717) is 26.3 Å². The molecule has 2 amide bonds. The van der Waals surface area contributed by atoms with Crippen molar-refractivity contribution >= 4 is 17.4 Å². The largest absolute Gasteiger partial charge is 0.347 e. The minimum absolute atomic E-state index is 0.000275. The Kier molecular flexibility index (Phi) is 5.18. The van der Waals surface area contributed by atoms with Crippen LogP contribution in [0.1, 0.15) is 37.6 Å². The summed E-state index contributed by atoms with van der Waals surface area (Å²) in [7, 11) is 0. The summed E-state index contributed by atoms with van der Waals surface area (Å²) in [5.74, 6) is -0.0629. The van der Waals surface area contributed by atoms with Gasteiger partial charge in [-0.2, -0.15) is 0 Å². The second-order valence-electron chi connectivity index (χ2n) is 6.46. The van der Waals surface area contributed by atoms with Gasteiger partial charge >= 0.3 is 6.03 Å². The molecule has 2 fully saturated rings. The van der Waals surface area contributed by atoms with Crippen LogP contribution in [0.4, 0.5) is 4.79 Å². The van der Waals surface area contributed by atoms with Crippen molar-refractivity contribution in [2.24, 2.45) is 5.92 Å². The number of ether oxygens (including phenoxy) is 2. The molecule has 0 unspecified atom stereocenters. The Hall–Kier alpha value is -1.18. The maximum Gasteiger partial charge on any atom is 0.317 e. The molecule has 0 spiro atoms. The van der Waals surface area contributed by atoms with Crippen molar-refractivity contribution in [1.82, 2.24) is 15.2 Å². The van der Waals surface area contributed by atoms with Crippen LogP contribution in [0.2, 0.25) is 0 Å². The Labute approximate surface area is 141 Å². The zero-order chi connectivity index (χ0) is 16.3. The second kappa shape index (κ2) is 7.15. The highest BCUT2D eigenvalue weighted by Crippen LogP contribution is 2.34. The number of nitrogens with zero attached hydrogens (tertiary/aromatic N) is 2. The van der Waals surface area contributed by atoms with Gasteiger partial charge in [-0.1, -0.05) is 6.92 Å². The van der Waals surface area contributed by atoms with Gasteiger partial charge in [0.1, 0.15) is 0 Å². The molecule has 0 aromatic carbocycles. The Morgan fingerprint density at radius 2 is 2.35 bits per heavy atom. The first-order valence-corrected chi connectivity index (χ1v) is 9.16. The van der Waals surface area contributed by atoms with Crippen molar-refractivity contribution in [3.05, 3.63) is 16.6 Å². The SMILES string of the molecule is C[C@@H](CNC(=O)N1CCC[C@H](C2(C)OCCO2)C1)c1nccs1. The molecule has 2 saturated heterocycles. The van der Waals surface area contributed by atoms with Crippen LogP contribution in [0.25, 0.3) is 0 Å². The van der Waals surface area contributed by atoms with E-state index in [9.17, 15) is 4.79 Å². The van der Waals surface area contributed by atoms with Crippen LogP contribution in [0, 0.1) is 5.92 Å². The number of hydrogen-bond acceptors (Lipinski definition) is 5. The lowest BCUT2D eigenvalue weighted by Gasteiger charge is -2.39. The zero-order valence-corrected chi connectivity index (χ0v) is 14.6. The number of rotatable bonds is 4. The summed E-state index contributed by atoms with van der Waals surface area (Å²) >= 11 is 1.63. The predicted octanol–water partition coefficient (Wildman–Crippen LogP) is 2.43. The lowest BCUT2D eigenvalue weighted by Crippen LogP contribution is -2.51. The molecule has 1 N–H and O–H groups in total. The van der Waals surface area contributed by atoms with E-state index in [1.165, 1.54) is 0 Å². The maximum atomic E-state index is 12.5. The summed E-state index contributed by atoms with van der Waals surface area (Å²) in [4.78, 5) is 18.6. The lowest BCUT2D eigenvalue weighted by molar-refractivity contribution is -0.189. The molecule has 2 atom stereocenters. The molecule has 2 aliphatic heterocycles. The van der Waals surface area contributed by atoms with Gasteiger partial charge in [-0.15, -0.1) is 11.3 Å². The van der Waals surface area contributed by atoms with Crippen LogP contribution in [-0.2, 0) is 9.47 Å². The fourth-order valence-corrected chi connectivity index (χ4v) is 3.97. The summed E-state index contributed by atoms with van der Waals surface area (Å²) in [6.07, 6.45) is 3.83. The first kappa shape index (κ1) is 16.7. The fraction of sp³-hybridized carbons (Fsp3) is 0.750. The number of hydrogen-bond donors (Lipinski definition) is 1. The highest BCUT2D eigenvalue weighted by molar-refractivity contribution is 7.09. The van der Waals surface area contributed by atoms with Crippen LogP contribution in [0.3, 0.4) is 0 Å². The fourth-order valence-electron chi connectivity index (χ4n) is 3.27. The number of aromatic nitrogens is 1. The Morgan fingerprint density at radius 3 is 3.04 bits per heavy atom. The monoisotopic (exact) mass is 339 g/mol. The number of piperidine rings is 1. The summed E-state index contributed by atoms with van der Waals surface area (Å²) in [5.41, 5.74) is 0. The van der Waals surface area contributed by atoms with Gasteiger partial charge in [0, 0.05) is 43.0 Å². The van der Waals surface area contributed by atoms with Gasteiger partial charge < -0.3 is 19.7 Å². The van der Waals surface area contributed by atoms with Crippen molar-refractivity contribution in [3.8, 4) is 0 Å². The summed E-state index contributed by atoms with van der Waals surface area (Å²) in [5, 5.41) is 6.06. The van der Waals surface area contributed by atoms with Crippen molar-refractivity contribution in [2.45, 2.75) is 38.4 Å². The number of thiazole rings is 1. The highest BCUT2D eigenvalue weighted by Gasteiger charge is 2.42. The molecule has 0 radical (unpaired) electrons. The van der Waals surface area contributed by atoms with E-state index in [4.69, 9.17) is 9.47 Å². The molecule has 2 aliphatic rings. The lowest BCUT2D eigenvalue weighted by atomic mass is 9.90. The minimum Gasteiger partial charge on any atom is -0.347 e. The van der Waals surface area contributed by atoms with Crippen molar-refractivity contribution in [3.63, 3.8) is 0 Å². The third-order valence-electron chi connectivity index (χ3n) is 4.74. The maximum absolute atomic E-state index is 12.5. The van der Waals surface area contributed by atoms with Crippen molar-refractivity contribution in [1.29, 1.82) is 0 Å². The molecule has 128 valence electrons. The average Bonchev–Trinajstić information content (AvgIpc) is 3.25. The van der Waals surface area contributed by atoms with E-state index in [0.717, 1.165) is 24.4 Å². The molecule has 3 rings (SSSR count). The molecular weight excluding hydrogens is 314 g/mol. The summed E-state index contributed by atoms with van der Waals surface area (Å²) in [6, 6.07) is -0.000275. The number of carbonyl (C=O) groups excluding carboxylic acids is 1. The van der Waals surface area contributed by atoms with E-state index in [1.807, 2.05) is 17.2 Å². The van der Waals surface area contributed by atoms with Crippen LogP contribution >= 0.6 is 11.3 Å². The molecule has 6 nitrogen and oxygen atoms in total. The Balaban J connectivity index is 1.51. The van der Waals surface area contributed by atoms with E-state index >= 15 is 0 Å². The summed E-state index contributed by atoms with van der Waals surface area (Å²) in [6.45, 7) is 7.46. The molecule has 23 heavy (non-hydrogen) atoms. The van der Waals surface area contributed by atoms with Gasteiger partial charge in [0.15, 0.2) is 5.79 Å². The molecule has 0 saturated carbocycles. The molecular formula is C16H25N3O3S. The first-order chi connectivity index (χ1) is 11.1. The number of nitrogens with one attached hydrogen (secondary N) is 1. The predicted molar refractivity (Wildman–Crippen MR) is 88.5 cm³/mol. The van der Waals surface area contributed by atoms with Crippen LogP contribution < -0.4 is 5.32 Å². The van der Waals surface area contributed by atoms with Crippen molar-refractivity contribution in [2.75, 3.05) is 32.8 Å². The number of urea groups is 1. The minimum atomic E-state index is -0.535. The summed E-state index contributed by atoms with van der Waals surface area (Å²) < 4.78 is 11.5. The molecule has 1 aromatic heterocycles. The van der Waals surface area contributed by atoms with Crippen molar-refractivity contribution < 1.29 is 14.3 Å². The van der Waals surface area contributed by atoms with E-state index in [1.54, 1.807) is 17.5 Å². The first-order valence-electron chi connectivity index (χ1n) is 8.28. The topological polar surface area (TPSA) is 63.7 Å². The number of amides is 2. The van der Waals surface area contributed by atoms with Gasteiger partial charge in [-0.3, -0.25) is 0 Å². The van der Waals surface area contributed by atoms with E-state index < -0.39 is 5.79 Å².